The van der Waals surface area contributed by atoms with Crippen molar-refractivity contribution < 1.29 is 81.6 Å². The second-order valence-corrected chi connectivity index (χ2v) is 23.9. The van der Waals surface area contributed by atoms with Crippen molar-refractivity contribution in [2.45, 2.75) is 168 Å². The Kier molecular flexibility index (Phi) is 25.1. The van der Waals surface area contributed by atoms with Gasteiger partial charge in [0.15, 0.2) is 13.2 Å². The molecule has 4 aliphatic rings. The van der Waals surface area contributed by atoms with E-state index in [1.807, 2.05) is 41.5 Å². The molecule has 0 aromatic heterocycles. The van der Waals surface area contributed by atoms with Gasteiger partial charge in [-0.15, -0.1) is 0 Å². The number of carboxylic acids is 1. The molecule has 4 heterocycles. The molecule has 0 aliphatic carbocycles. The molecule has 2 atom stereocenters. The topological polar surface area (TPSA) is 355 Å². The number of imide groups is 4. The predicted molar refractivity (Wildman–Crippen MR) is 326 cm³/mol. The van der Waals surface area contributed by atoms with Crippen molar-refractivity contribution in [3.05, 3.63) is 82.9 Å². The number of nitrogens with two attached hydrogens (primary N) is 1. The van der Waals surface area contributed by atoms with E-state index in [0.29, 0.717) is 41.2 Å². The number of benzene rings is 4. The molecule has 4 aromatic carbocycles. The first kappa shape index (κ1) is 69.1. The zero-order valence-electron chi connectivity index (χ0n) is 51.4. The van der Waals surface area contributed by atoms with Crippen LogP contribution in [0.25, 0.3) is 21.5 Å². The van der Waals surface area contributed by atoms with Gasteiger partial charge in [-0.2, -0.15) is 0 Å². The number of amides is 11. The van der Waals surface area contributed by atoms with E-state index in [9.17, 15) is 57.5 Å². The summed E-state index contributed by atoms with van der Waals surface area (Å²) in [6.45, 7) is 12.8. The summed E-state index contributed by atoms with van der Waals surface area (Å²) in [6, 6.07) is 13.7. The molecule has 11 amide bonds. The highest BCUT2D eigenvalue weighted by molar-refractivity contribution is 6.28. The Labute approximate surface area is 516 Å². The van der Waals surface area contributed by atoms with E-state index in [2.05, 4.69) is 26.6 Å². The molecule has 4 aromatic rings. The molecule has 8 N–H and O–H groups in total. The fraction of sp³-hybridized carbons (Fsp3) is 0.500. The van der Waals surface area contributed by atoms with Gasteiger partial charge in [0, 0.05) is 54.4 Å². The number of nitrogens with zero attached hydrogens (tertiary/aromatic N) is 2. The van der Waals surface area contributed by atoms with E-state index >= 15 is 0 Å². The quantitative estimate of drug-likeness (QED) is 0.0256. The number of piperidine rings is 2. The van der Waals surface area contributed by atoms with Crippen molar-refractivity contribution in [3.8, 4) is 11.5 Å². The fourth-order valence-electron chi connectivity index (χ4n) is 10.3. The van der Waals surface area contributed by atoms with Crippen LogP contribution >= 0.6 is 0 Å². The van der Waals surface area contributed by atoms with Crippen LogP contribution in [0.3, 0.4) is 0 Å². The summed E-state index contributed by atoms with van der Waals surface area (Å²) in [4.78, 5) is 148. The molecule has 2 fully saturated rings. The zero-order chi connectivity index (χ0) is 65.0. The van der Waals surface area contributed by atoms with Gasteiger partial charge < -0.3 is 45.7 Å². The van der Waals surface area contributed by atoms with Gasteiger partial charge in [-0.05, 0) is 134 Å². The number of alkyl carbamates (subject to hydrolysis) is 2. The number of ether oxygens (including phenoxy) is 4. The molecular weight excluding hydrogens is 1150 g/mol. The average molecular weight is 1240 g/mol. The van der Waals surface area contributed by atoms with Crippen molar-refractivity contribution in [3.63, 3.8) is 0 Å². The van der Waals surface area contributed by atoms with Crippen LogP contribution in [0.2, 0.25) is 0 Å². The normalized spacial score (nSPS) is 16.3. The van der Waals surface area contributed by atoms with Gasteiger partial charge in [-0.1, -0.05) is 75.6 Å². The van der Waals surface area contributed by atoms with Gasteiger partial charge in [0.2, 0.25) is 23.6 Å². The van der Waals surface area contributed by atoms with Crippen molar-refractivity contribution in [2.75, 3.05) is 39.4 Å². The SMILES string of the molecule is CC(C)(C)OC(=O)NCCCCCCCCN.CC(C)(C)OC(=O)NCCCCCCCCNC(=O)COc1cc2c3c(cccc3c1)C(=O)N(C1CCC(=O)NC1=O)C2=O.O=C(O)COc1cc2c3c(cccc3c1)C(=O)N(C1CCC(=O)NC1=O)C2=O. The lowest BCUT2D eigenvalue weighted by Gasteiger charge is -2.34. The first-order valence-electron chi connectivity index (χ1n) is 30.2. The third-order valence-corrected chi connectivity index (χ3v) is 14.4. The molecule has 480 valence electrons. The zero-order valence-corrected chi connectivity index (χ0v) is 51.4. The molecule has 25 nitrogen and oxygen atoms in total. The summed E-state index contributed by atoms with van der Waals surface area (Å²) in [6.07, 6.45) is 12.1. The van der Waals surface area contributed by atoms with Gasteiger partial charge in [-0.3, -0.25) is 63.6 Å². The van der Waals surface area contributed by atoms with Crippen LogP contribution in [0.15, 0.2) is 60.7 Å². The van der Waals surface area contributed by atoms with Crippen molar-refractivity contribution >= 4 is 92.9 Å². The van der Waals surface area contributed by atoms with Gasteiger partial charge in [0.05, 0.1) is 11.1 Å². The smallest absolute Gasteiger partial charge is 0.407 e. The first-order valence-corrected chi connectivity index (χ1v) is 30.2. The molecule has 2 saturated heterocycles. The summed E-state index contributed by atoms with van der Waals surface area (Å²) in [7, 11) is 0. The summed E-state index contributed by atoms with van der Waals surface area (Å²) < 4.78 is 21.3. The second kappa shape index (κ2) is 32.3. The van der Waals surface area contributed by atoms with E-state index in [-0.39, 0.29) is 78.0 Å². The summed E-state index contributed by atoms with van der Waals surface area (Å²) in [5, 5.41) is 23.5. The maximum Gasteiger partial charge on any atom is 0.407 e. The van der Waals surface area contributed by atoms with Crippen LogP contribution in [-0.4, -0.2) is 149 Å². The monoisotopic (exact) mass is 1230 g/mol. The number of carboxylic acid groups (broad SMARTS) is 1. The summed E-state index contributed by atoms with van der Waals surface area (Å²) in [5.74, 6) is -5.86. The molecule has 0 spiro atoms. The van der Waals surface area contributed by atoms with Crippen LogP contribution in [0.4, 0.5) is 9.59 Å². The molecular formula is C64H82N8O17. The van der Waals surface area contributed by atoms with Crippen molar-refractivity contribution in [1.82, 2.24) is 36.4 Å². The van der Waals surface area contributed by atoms with Crippen LogP contribution in [0.1, 0.15) is 186 Å². The fourth-order valence-corrected chi connectivity index (χ4v) is 10.3. The predicted octanol–water partition coefficient (Wildman–Crippen LogP) is 7.12. The Hall–Kier alpha value is -9.00. The van der Waals surface area contributed by atoms with Crippen LogP contribution in [0.5, 0.6) is 11.5 Å². The third-order valence-electron chi connectivity index (χ3n) is 14.4. The minimum absolute atomic E-state index is 0.0201. The lowest BCUT2D eigenvalue weighted by atomic mass is 9.91. The molecule has 25 heteroatoms. The minimum Gasteiger partial charge on any atom is -0.484 e. The van der Waals surface area contributed by atoms with Crippen LogP contribution in [-0.2, 0) is 38.2 Å². The average Bonchev–Trinajstić information content (AvgIpc) is 0.797. The Morgan fingerprint density at radius 2 is 0.888 bits per heavy atom. The highest BCUT2D eigenvalue weighted by Gasteiger charge is 2.44. The van der Waals surface area contributed by atoms with Crippen LogP contribution < -0.4 is 41.8 Å². The Bertz CT molecular complexity index is 3310. The van der Waals surface area contributed by atoms with Crippen molar-refractivity contribution in [1.29, 1.82) is 0 Å². The Morgan fingerprint density at radius 1 is 0.517 bits per heavy atom. The number of carbonyl (C=O) groups excluding carboxylic acids is 11. The summed E-state index contributed by atoms with van der Waals surface area (Å²) >= 11 is 0. The maximum atomic E-state index is 13.5. The Balaban J connectivity index is 0.000000238. The lowest BCUT2D eigenvalue weighted by Crippen LogP contribution is -2.57. The third kappa shape index (κ3) is 20.3. The van der Waals surface area contributed by atoms with E-state index in [1.54, 1.807) is 48.5 Å². The van der Waals surface area contributed by atoms with E-state index in [0.717, 1.165) is 74.1 Å². The molecule has 2 unspecified atom stereocenters. The number of hydrogen-bond acceptors (Lipinski definition) is 17. The van der Waals surface area contributed by atoms with Gasteiger partial charge in [-0.25, -0.2) is 14.4 Å². The van der Waals surface area contributed by atoms with Gasteiger partial charge >= 0.3 is 18.2 Å². The maximum absolute atomic E-state index is 13.5. The molecule has 4 aliphatic heterocycles. The van der Waals surface area contributed by atoms with E-state index in [1.165, 1.54) is 31.4 Å². The number of rotatable bonds is 25. The highest BCUT2D eigenvalue weighted by Crippen LogP contribution is 2.37. The van der Waals surface area contributed by atoms with Crippen LogP contribution in [0, 0.1) is 0 Å². The highest BCUT2D eigenvalue weighted by atomic mass is 16.6. The Morgan fingerprint density at radius 3 is 1.27 bits per heavy atom. The second-order valence-electron chi connectivity index (χ2n) is 23.9. The molecule has 0 saturated carbocycles. The lowest BCUT2D eigenvalue weighted by molar-refractivity contribution is -0.139. The largest absolute Gasteiger partial charge is 0.484 e. The number of carbonyl (C=O) groups is 12. The van der Waals surface area contributed by atoms with E-state index < -0.39 is 89.2 Å². The molecule has 8 rings (SSSR count). The number of unbranched alkanes of at least 4 members (excludes halogenated alkanes) is 10. The van der Waals surface area contributed by atoms with E-state index in [4.69, 9.17) is 29.8 Å². The number of nitrogens with one attached hydrogen (secondary N) is 5. The summed E-state index contributed by atoms with van der Waals surface area (Å²) in [5.41, 5.74) is 5.36. The first-order chi connectivity index (χ1) is 42.3. The number of aliphatic carboxylic acids is 1. The standard InChI is InChI=1S/C32H40N4O8.C19H14N2O7.C13H28N2O2/c1-32(2,3)44-31(42)34-16-9-7-5-4-6-8-15-33-26(38)19-43-21-17-20-11-10-12-22-27(20)23(18-21)30(41)36(29(22)40)24-13-14-25(37)35-28(24)39;22-14-5-4-13(17(25)20-14)21-18(26)11-3-1-2-9-6-10(28-8-15(23)24)7-12(16(9)11)19(21)27;1-13(2,3)17-12(16)15-11-9-7-5-4-6-8-10-14/h10-12,17-18,24H,4-9,13-16,19H2,1-3H3,(H,33,38)(H,34,42)(H,35,37,39);1-3,6-7,13H,4-5,8H2,(H,23,24)(H,20,22,25);4-11,14H2,1-3H3,(H,15,16). The molecule has 0 radical (unpaired) electrons. The molecule has 89 heavy (non-hydrogen) atoms. The minimum atomic E-state index is -1.17. The van der Waals surface area contributed by atoms with Gasteiger partial charge in [0.25, 0.3) is 29.5 Å². The van der Waals surface area contributed by atoms with Crippen molar-refractivity contribution in [2.24, 2.45) is 5.73 Å². The van der Waals surface area contributed by atoms with Gasteiger partial charge in [0.1, 0.15) is 34.8 Å². The molecule has 0 bridgehead atoms. The number of hydrogen-bond donors (Lipinski definition) is 7.